The van der Waals surface area contributed by atoms with Gasteiger partial charge in [0.15, 0.2) is 0 Å². The lowest BCUT2D eigenvalue weighted by atomic mass is 9.78. The molecule has 0 aliphatic heterocycles. The highest BCUT2D eigenvalue weighted by atomic mass is 16.5. The van der Waals surface area contributed by atoms with Crippen LogP contribution >= 0.6 is 0 Å². The predicted octanol–water partition coefficient (Wildman–Crippen LogP) is 2.19. The number of rotatable bonds is 6. The Hall–Kier alpha value is -0.0800. The second kappa shape index (κ2) is 5.61. The highest BCUT2D eigenvalue weighted by Crippen LogP contribution is 2.31. The van der Waals surface area contributed by atoms with Crippen molar-refractivity contribution in [1.29, 1.82) is 0 Å². The minimum Gasteiger partial charge on any atom is -0.377 e. The summed E-state index contributed by atoms with van der Waals surface area (Å²) in [6, 6.07) is 0.582. The van der Waals surface area contributed by atoms with E-state index in [1.807, 2.05) is 0 Å². The third-order valence-electron chi connectivity index (χ3n) is 3.03. The second-order valence-electron chi connectivity index (χ2n) is 3.93. The summed E-state index contributed by atoms with van der Waals surface area (Å²) in [5.74, 6) is 0.862. The van der Waals surface area contributed by atoms with Crippen LogP contribution in [0.2, 0.25) is 0 Å². The van der Waals surface area contributed by atoms with E-state index in [0.717, 1.165) is 19.1 Å². The average Bonchev–Trinajstić information content (AvgIpc) is 2.01. The zero-order chi connectivity index (χ0) is 9.68. The summed E-state index contributed by atoms with van der Waals surface area (Å²) in [5.41, 5.74) is 0. The molecule has 0 bridgehead atoms. The minimum atomic E-state index is 0.371. The number of hydrogen-bond acceptors (Lipinski definition) is 2. The number of ether oxygens (including phenoxy) is 1. The lowest BCUT2D eigenvalue weighted by molar-refractivity contribution is 0.0164. The van der Waals surface area contributed by atoms with Gasteiger partial charge in [0.2, 0.25) is 0 Å². The smallest absolute Gasteiger partial charge is 0.0702 e. The number of hydrogen-bond donors (Lipinski definition) is 1. The van der Waals surface area contributed by atoms with Crippen LogP contribution in [0, 0.1) is 5.92 Å². The maximum Gasteiger partial charge on any atom is 0.0702 e. The van der Waals surface area contributed by atoms with Crippen molar-refractivity contribution in [1.82, 2.24) is 5.32 Å². The van der Waals surface area contributed by atoms with Crippen molar-refractivity contribution in [3.05, 3.63) is 0 Å². The molecule has 0 amide bonds. The normalized spacial score (nSPS) is 22.4. The molecule has 0 spiro atoms. The summed E-state index contributed by atoms with van der Waals surface area (Å²) in [7, 11) is 0. The Morgan fingerprint density at radius 1 is 1.38 bits per heavy atom. The summed E-state index contributed by atoms with van der Waals surface area (Å²) >= 11 is 0. The average molecular weight is 185 g/mol. The first-order chi connectivity index (χ1) is 6.29. The van der Waals surface area contributed by atoms with E-state index in [-0.39, 0.29) is 0 Å². The Kier molecular flexibility index (Phi) is 4.74. The van der Waals surface area contributed by atoms with E-state index >= 15 is 0 Å². The van der Waals surface area contributed by atoms with Crippen LogP contribution in [-0.4, -0.2) is 25.3 Å². The van der Waals surface area contributed by atoms with Gasteiger partial charge in [-0.2, -0.15) is 0 Å². The topological polar surface area (TPSA) is 21.3 Å². The maximum atomic E-state index is 5.65. The van der Waals surface area contributed by atoms with Crippen LogP contribution in [0.4, 0.5) is 0 Å². The monoisotopic (exact) mass is 185 g/mol. The van der Waals surface area contributed by atoms with Gasteiger partial charge in [-0.25, -0.2) is 0 Å². The molecule has 1 fully saturated rings. The van der Waals surface area contributed by atoms with Crippen LogP contribution in [0.25, 0.3) is 0 Å². The summed E-state index contributed by atoms with van der Waals surface area (Å²) in [4.78, 5) is 0. The van der Waals surface area contributed by atoms with E-state index in [4.69, 9.17) is 4.74 Å². The zero-order valence-corrected chi connectivity index (χ0v) is 9.18. The van der Waals surface area contributed by atoms with Crippen molar-refractivity contribution >= 4 is 0 Å². The van der Waals surface area contributed by atoms with Gasteiger partial charge in [0, 0.05) is 12.6 Å². The van der Waals surface area contributed by atoms with Gasteiger partial charge < -0.3 is 10.1 Å². The van der Waals surface area contributed by atoms with Gasteiger partial charge in [-0.1, -0.05) is 13.3 Å². The van der Waals surface area contributed by atoms with Crippen LogP contribution in [0.1, 0.15) is 40.0 Å². The molecular formula is C11H23NO. The van der Waals surface area contributed by atoms with E-state index < -0.39 is 0 Å². The molecule has 78 valence electrons. The van der Waals surface area contributed by atoms with Crippen LogP contribution in [0.5, 0.6) is 0 Å². The van der Waals surface area contributed by atoms with Crippen molar-refractivity contribution < 1.29 is 4.74 Å². The Balaban J connectivity index is 2.35. The summed E-state index contributed by atoms with van der Waals surface area (Å²) in [6.45, 7) is 8.31. The van der Waals surface area contributed by atoms with Crippen molar-refractivity contribution in [2.75, 3.05) is 13.2 Å². The van der Waals surface area contributed by atoms with Crippen LogP contribution in [0.15, 0.2) is 0 Å². The largest absolute Gasteiger partial charge is 0.377 e. The van der Waals surface area contributed by atoms with Gasteiger partial charge >= 0.3 is 0 Å². The predicted molar refractivity (Wildman–Crippen MR) is 55.9 cm³/mol. The molecule has 1 saturated carbocycles. The van der Waals surface area contributed by atoms with Gasteiger partial charge in [-0.3, -0.25) is 0 Å². The third kappa shape index (κ3) is 2.96. The van der Waals surface area contributed by atoms with E-state index in [9.17, 15) is 0 Å². The molecule has 1 N–H and O–H groups in total. The molecule has 0 saturated heterocycles. The van der Waals surface area contributed by atoms with Crippen LogP contribution in [-0.2, 0) is 4.74 Å². The quantitative estimate of drug-likeness (QED) is 0.685. The van der Waals surface area contributed by atoms with Gasteiger partial charge in [-0.15, -0.1) is 0 Å². The summed E-state index contributed by atoms with van der Waals surface area (Å²) in [5, 5.41) is 3.54. The van der Waals surface area contributed by atoms with Gasteiger partial charge in [0.05, 0.1) is 6.10 Å². The molecule has 2 nitrogen and oxygen atoms in total. The molecule has 0 aromatic carbocycles. The summed E-state index contributed by atoms with van der Waals surface area (Å²) < 4.78 is 5.65. The highest BCUT2D eigenvalue weighted by molar-refractivity contribution is 4.86. The molecule has 0 aromatic rings. The highest BCUT2D eigenvalue weighted by Gasteiger charge is 2.30. The number of nitrogens with one attached hydrogen (secondary N) is 1. The van der Waals surface area contributed by atoms with Crippen molar-refractivity contribution in [3.63, 3.8) is 0 Å². The molecule has 0 heterocycles. The molecule has 2 atom stereocenters. The van der Waals surface area contributed by atoms with E-state index in [1.165, 1.54) is 19.3 Å². The fourth-order valence-corrected chi connectivity index (χ4v) is 2.12. The lowest BCUT2D eigenvalue weighted by Gasteiger charge is -2.37. The fraction of sp³-hybridized carbons (Fsp3) is 1.00. The third-order valence-corrected chi connectivity index (χ3v) is 3.03. The second-order valence-corrected chi connectivity index (χ2v) is 3.93. The molecule has 13 heavy (non-hydrogen) atoms. The molecule has 1 aliphatic carbocycles. The van der Waals surface area contributed by atoms with Crippen LogP contribution < -0.4 is 5.32 Å². The Labute approximate surface area is 82.0 Å². The van der Waals surface area contributed by atoms with Crippen molar-refractivity contribution in [2.24, 2.45) is 5.92 Å². The van der Waals surface area contributed by atoms with Crippen molar-refractivity contribution in [3.8, 4) is 0 Å². The number of likely N-dealkylation sites (N-methyl/N-ethyl adjacent to an activating group) is 1. The minimum absolute atomic E-state index is 0.371. The molecule has 1 rings (SSSR count). The standard InChI is InChI=1S/C11H23NO/c1-4-12-11(9(3)13-5-2)10-7-6-8-10/h9-12H,4-8H2,1-3H3. The lowest BCUT2D eigenvalue weighted by Crippen LogP contribution is -2.47. The van der Waals surface area contributed by atoms with Gasteiger partial charge in [0.25, 0.3) is 0 Å². The van der Waals surface area contributed by atoms with E-state index in [2.05, 4.69) is 26.1 Å². The van der Waals surface area contributed by atoms with Crippen molar-refractivity contribution in [2.45, 2.75) is 52.2 Å². The van der Waals surface area contributed by atoms with Gasteiger partial charge in [-0.05, 0) is 39.2 Å². The maximum absolute atomic E-state index is 5.65. The molecule has 2 unspecified atom stereocenters. The Morgan fingerprint density at radius 3 is 2.46 bits per heavy atom. The summed E-state index contributed by atoms with van der Waals surface area (Å²) in [6.07, 6.45) is 4.55. The first-order valence-electron chi connectivity index (χ1n) is 5.64. The Bertz CT molecular complexity index is 134. The first kappa shape index (κ1) is 11.0. The van der Waals surface area contributed by atoms with E-state index in [0.29, 0.717) is 12.1 Å². The van der Waals surface area contributed by atoms with Gasteiger partial charge in [0.1, 0.15) is 0 Å². The molecule has 2 heteroatoms. The molecular weight excluding hydrogens is 162 g/mol. The molecule has 0 radical (unpaired) electrons. The van der Waals surface area contributed by atoms with Crippen LogP contribution in [0.3, 0.4) is 0 Å². The molecule has 0 aromatic heterocycles. The first-order valence-corrected chi connectivity index (χ1v) is 5.64. The fourth-order valence-electron chi connectivity index (χ4n) is 2.12. The van der Waals surface area contributed by atoms with E-state index in [1.54, 1.807) is 0 Å². The zero-order valence-electron chi connectivity index (χ0n) is 9.18. The SMILES string of the molecule is CCNC(C1CCC1)C(C)OCC. The Morgan fingerprint density at radius 2 is 2.08 bits per heavy atom. The molecule has 1 aliphatic rings.